The van der Waals surface area contributed by atoms with Crippen molar-refractivity contribution in [3.63, 3.8) is 0 Å². The van der Waals surface area contributed by atoms with E-state index in [-0.39, 0.29) is 0 Å². The fraction of sp³-hybridized carbons (Fsp3) is 0.375. The minimum absolute atomic E-state index is 0.379. The van der Waals surface area contributed by atoms with E-state index in [1.807, 2.05) is 28.9 Å². The minimum Gasteiger partial charge on any atom is -0.497 e. The molecule has 6 heteroatoms. The zero-order valence-corrected chi connectivity index (χ0v) is 12.9. The number of amides is 1. The summed E-state index contributed by atoms with van der Waals surface area (Å²) in [5.74, 6) is 0.318. The van der Waals surface area contributed by atoms with Crippen LogP contribution in [0.2, 0.25) is 0 Å². The molecule has 22 heavy (non-hydrogen) atoms. The molecule has 1 aromatic heterocycles. The van der Waals surface area contributed by atoms with Crippen LogP contribution in [0.25, 0.3) is 5.69 Å². The second-order valence-electron chi connectivity index (χ2n) is 5.37. The fourth-order valence-electron chi connectivity index (χ4n) is 2.88. The van der Waals surface area contributed by atoms with E-state index in [1.165, 1.54) is 0 Å². The van der Waals surface area contributed by atoms with Gasteiger partial charge in [0.15, 0.2) is 5.69 Å². The highest BCUT2D eigenvalue weighted by atomic mass is 16.5. The number of primary amides is 1. The zero-order valence-electron chi connectivity index (χ0n) is 12.9. The summed E-state index contributed by atoms with van der Waals surface area (Å²) in [4.78, 5) is 14.0. The van der Waals surface area contributed by atoms with Crippen LogP contribution in [0.4, 0.5) is 0 Å². The molecular weight excluding hydrogens is 280 g/mol. The number of nitrogens with zero attached hydrogens (tertiary/aromatic N) is 3. The SMILES string of the molecule is CCN1CCc2c(c(C(N)=O)nn2-c2ccc(OC)cc2)C1. The average Bonchev–Trinajstić information content (AvgIpc) is 2.93. The van der Waals surface area contributed by atoms with Gasteiger partial charge < -0.3 is 10.5 Å². The molecule has 0 aliphatic carbocycles. The average molecular weight is 300 g/mol. The largest absolute Gasteiger partial charge is 0.497 e. The van der Waals surface area contributed by atoms with Crippen molar-refractivity contribution in [2.75, 3.05) is 20.2 Å². The summed E-state index contributed by atoms with van der Waals surface area (Å²) < 4.78 is 7.01. The fourth-order valence-corrected chi connectivity index (χ4v) is 2.88. The third-order valence-electron chi connectivity index (χ3n) is 4.13. The highest BCUT2D eigenvalue weighted by Crippen LogP contribution is 2.26. The molecule has 0 bridgehead atoms. The van der Waals surface area contributed by atoms with Crippen molar-refractivity contribution >= 4 is 5.91 Å². The summed E-state index contributed by atoms with van der Waals surface area (Å²) in [7, 11) is 1.63. The van der Waals surface area contributed by atoms with Gasteiger partial charge in [-0.2, -0.15) is 5.10 Å². The van der Waals surface area contributed by atoms with E-state index in [0.29, 0.717) is 5.69 Å². The van der Waals surface area contributed by atoms with Crippen molar-refractivity contribution in [2.24, 2.45) is 5.73 Å². The number of carbonyl (C=O) groups is 1. The molecule has 2 aromatic rings. The Hall–Kier alpha value is -2.34. The van der Waals surface area contributed by atoms with Crippen LogP contribution in [0.15, 0.2) is 24.3 Å². The Morgan fingerprint density at radius 2 is 2.09 bits per heavy atom. The van der Waals surface area contributed by atoms with Crippen molar-refractivity contribution in [3.8, 4) is 11.4 Å². The van der Waals surface area contributed by atoms with Gasteiger partial charge in [-0.3, -0.25) is 9.69 Å². The zero-order chi connectivity index (χ0) is 15.7. The summed E-state index contributed by atoms with van der Waals surface area (Å²) in [6.45, 7) is 4.75. The predicted octanol–water partition coefficient (Wildman–Crippen LogP) is 1.36. The van der Waals surface area contributed by atoms with Crippen LogP contribution in [0.1, 0.15) is 28.7 Å². The van der Waals surface area contributed by atoms with Gasteiger partial charge in [-0.25, -0.2) is 4.68 Å². The molecule has 2 heterocycles. The smallest absolute Gasteiger partial charge is 0.269 e. The Kier molecular flexibility index (Phi) is 3.85. The first-order valence-electron chi connectivity index (χ1n) is 7.41. The number of hydrogen-bond donors (Lipinski definition) is 1. The molecular formula is C16H20N4O2. The number of rotatable bonds is 4. The lowest BCUT2D eigenvalue weighted by molar-refractivity contribution is 0.0993. The van der Waals surface area contributed by atoms with E-state index >= 15 is 0 Å². The normalized spacial score (nSPS) is 14.6. The summed E-state index contributed by atoms with van der Waals surface area (Å²) in [6, 6.07) is 7.63. The number of methoxy groups -OCH3 is 1. The summed E-state index contributed by atoms with van der Waals surface area (Å²) in [5.41, 5.74) is 8.83. The molecule has 0 saturated heterocycles. The second-order valence-corrected chi connectivity index (χ2v) is 5.37. The van der Waals surface area contributed by atoms with Gasteiger partial charge in [0.1, 0.15) is 5.75 Å². The third kappa shape index (κ3) is 2.46. The van der Waals surface area contributed by atoms with Crippen LogP contribution in [-0.2, 0) is 13.0 Å². The number of benzene rings is 1. The van der Waals surface area contributed by atoms with Gasteiger partial charge in [0, 0.05) is 25.1 Å². The van der Waals surface area contributed by atoms with E-state index in [4.69, 9.17) is 10.5 Å². The van der Waals surface area contributed by atoms with Gasteiger partial charge in [0.05, 0.1) is 18.5 Å². The number of fused-ring (bicyclic) bond motifs is 1. The number of ether oxygens (including phenoxy) is 1. The lowest BCUT2D eigenvalue weighted by Gasteiger charge is -2.26. The number of hydrogen-bond acceptors (Lipinski definition) is 4. The van der Waals surface area contributed by atoms with E-state index in [1.54, 1.807) is 7.11 Å². The van der Waals surface area contributed by atoms with Crippen molar-refractivity contribution in [3.05, 3.63) is 41.2 Å². The van der Waals surface area contributed by atoms with Crippen LogP contribution in [0.3, 0.4) is 0 Å². The molecule has 1 aliphatic heterocycles. The minimum atomic E-state index is -0.471. The molecule has 116 valence electrons. The van der Waals surface area contributed by atoms with Crippen molar-refractivity contribution < 1.29 is 9.53 Å². The van der Waals surface area contributed by atoms with Gasteiger partial charge in [0.2, 0.25) is 0 Å². The molecule has 0 saturated carbocycles. The van der Waals surface area contributed by atoms with Crippen LogP contribution in [0.5, 0.6) is 5.75 Å². The Morgan fingerprint density at radius 1 is 1.36 bits per heavy atom. The van der Waals surface area contributed by atoms with Crippen LogP contribution >= 0.6 is 0 Å². The van der Waals surface area contributed by atoms with Gasteiger partial charge in [-0.15, -0.1) is 0 Å². The third-order valence-corrected chi connectivity index (χ3v) is 4.13. The maximum absolute atomic E-state index is 11.7. The topological polar surface area (TPSA) is 73.4 Å². The molecule has 0 fully saturated rings. The maximum Gasteiger partial charge on any atom is 0.269 e. The number of carbonyl (C=O) groups excluding carboxylic acids is 1. The maximum atomic E-state index is 11.7. The van der Waals surface area contributed by atoms with E-state index in [2.05, 4.69) is 16.9 Å². The van der Waals surface area contributed by atoms with Gasteiger partial charge in [0.25, 0.3) is 5.91 Å². The molecule has 1 aliphatic rings. The standard InChI is InChI=1S/C16H20N4O2/c1-3-19-9-8-14-13(10-19)15(16(17)21)18-20(14)11-4-6-12(22-2)7-5-11/h4-7H,3,8-10H2,1-2H3,(H2,17,21). The molecule has 1 amide bonds. The van der Waals surface area contributed by atoms with Crippen LogP contribution < -0.4 is 10.5 Å². The second kappa shape index (κ2) is 5.81. The summed E-state index contributed by atoms with van der Waals surface area (Å²) in [6.07, 6.45) is 0.857. The van der Waals surface area contributed by atoms with Crippen LogP contribution in [0, 0.1) is 0 Å². The van der Waals surface area contributed by atoms with Crippen LogP contribution in [-0.4, -0.2) is 40.8 Å². The van der Waals surface area contributed by atoms with E-state index < -0.39 is 5.91 Å². The molecule has 0 unspecified atom stereocenters. The number of nitrogens with two attached hydrogens (primary N) is 1. The van der Waals surface area contributed by atoms with E-state index in [9.17, 15) is 4.79 Å². The Labute approximate surface area is 129 Å². The first kappa shape index (κ1) is 14.6. The molecule has 3 rings (SSSR count). The van der Waals surface area contributed by atoms with Crippen molar-refractivity contribution in [2.45, 2.75) is 19.9 Å². The van der Waals surface area contributed by atoms with Crippen molar-refractivity contribution in [1.29, 1.82) is 0 Å². The van der Waals surface area contributed by atoms with Gasteiger partial charge >= 0.3 is 0 Å². The molecule has 0 atom stereocenters. The first-order valence-corrected chi connectivity index (χ1v) is 7.41. The first-order chi connectivity index (χ1) is 10.6. The highest BCUT2D eigenvalue weighted by molar-refractivity contribution is 5.92. The monoisotopic (exact) mass is 300 g/mol. The van der Waals surface area contributed by atoms with Crippen molar-refractivity contribution in [1.82, 2.24) is 14.7 Å². The quantitative estimate of drug-likeness (QED) is 0.925. The van der Waals surface area contributed by atoms with Gasteiger partial charge in [-0.05, 0) is 30.8 Å². The van der Waals surface area contributed by atoms with Gasteiger partial charge in [-0.1, -0.05) is 6.92 Å². The summed E-state index contributed by atoms with van der Waals surface area (Å²) in [5, 5.41) is 4.46. The lowest BCUT2D eigenvalue weighted by Crippen LogP contribution is -2.31. The highest BCUT2D eigenvalue weighted by Gasteiger charge is 2.27. The molecule has 0 spiro atoms. The molecule has 0 radical (unpaired) electrons. The summed E-state index contributed by atoms with van der Waals surface area (Å²) >= 11 is 0. The number of likely N-dealkylation sites (N-methyl/N-ethyl adjacent to an activating group) is 1. The predicted molar refractivity (Wildman–Crippen MR) is 83.3 cm³/mol. The van der Waals surface area contributed by atoms with E-state index in [0.717, 1.165) is 48.7 Å². The molecule has 2 N–H and O–H groups in total. The molecule has 6 nitrogen and oxygen atoms in total. The lowest BCUT2D eigenvalue weighted by atomic mass is 10.0. The molecule has 1 aromatic carbocycles. The Balaban J connectivity index is 2.06. The number of aromatic nitrogens is 2. The Morgan fingerprint density at radius 3 is 2.68 bits per heavy atom. The Bertz CT molecular complexity index is 691.